The monoisotopic (exact) mass is 309 g/mol. The molecule has 0 saturated heterocycles. The number of ether oxygens (including phenoxy) is 3. The van der Waals surface area contributed by atoms with E-state index in [9.17, 15) is 0 Å². The standard InChI is InChI=1S/C16H27N3O3/c1-11(2)19-16(17-3)18-10-9-12-7-8-13(20-4)15(22-6)14(12)21-5/h7-8,11H,9-10H2,1-6H3,(H2,17,18,19). The van der Waals surface area contributed by atoms with Crippen LogP contribution in [0.5, 0.6) is 17.2 Å². The highest BCUT2D eigenvalue weighted by Crippen LogP contribution is 2.39. The smallest absolute Gasteiger partial charge is 0.203 e. The summed E-state index contributed by atoms with van der Waals surface area (Å²) < 4.78 is 16.2. The van der Waals surface area contributed by atoms with Gasteiger partial charge in [0.25, 0.3) is 0 Å². The molecule has 0 radical (unpaired) electrons. The molecular formula is C16H27N3O3. The number of nitrogens with one attached hydrogen (secondary N) is 2. The van der Waals surface area contributed by atoms with Crippen molar-refractivity contribution in [3.63, 3.8) is 0 Å². The first-order valence-corrected chi connectivity index (χ1v) is 7.32. The predicted molar refractivity (Wildman–Crippen MR) is 89.4 cm³/mol. The Morgan fingerprint density at radius 3 is 2.27 bits per heavy atom. The zero-order valence-electron chi connectivity index (χ0n) is 14.3. The van der Waals surface area contributed by atoms with Crippen LogP contribution in [-0.2, 0) is 6.42 Å². The number of hydrogen-bond acceptors (Lipinski definition) is 4. The number of nitrogens with zero attached hydrogens (tertiary/aromatic N) is 1. The summed E-state index contributed by atoms with van der Waals surface area (Å²) in [6, 6.07) is 4.21. The van der Waals surface area contributed by atoms with Gasteiger partial charge in [0, 0.05) is 25.2 Å². The highest BCUT2D eigenvalue weighted by atomic mass is 16.5. The maximum Gasteiger partial charge on any atom is 0.203 e. The largest absolute Gasteiger partial charge is 0.493 e. The fraction of sp³-hybridized carbons (Fsp3) is 0.562. The van der Waals surface area contributed by atoms with Gasteiger partial charge < -0.3 is 24.8 Å². The molecule has 0 bridgehead atoms. The molecule has 22 heavy (non-hydrogen) atoms. The lowest BCUT2D eigenvalue weighted by Crippen LogP contribution is -2.41. The van der Waals surface area contributed by atoms with Gasteiger partial charge in [-0.2, -0.15) is 0 Å². The SMILES string of the molecule is CN=C(NCCc1ccc(OC)c(OC)c1OC)NC(C)C. The molecular weight excluding hydrogens is 282 g/mol. The molecule has 0 aliphatic rings. The molecule has 1 aromatic rings. The summed E-state index contributed by atoms with van der Waals surface area (Å²) in [5.74, 6) is 2.77. The summed E-state index contributed by atoms with van der Waals surface area (Å²) in [5.41, 5.74) is 1.05. The van der Waals surface area contributed by atoms with Crippen molar-refractivity contribution in [3.05, 3.63) is 17.7 Å². The van der Waals surface area contributed by atoms with Gasteiger partial charge in [-0.1, -0.05) is 6.07 Å². The normalized spacial score (nSPS) is 11.3. The summed E-state index contributed by atoms with van der Waals surface area (Å²) >= 11 is 0. The first-order valence-electron chi connectivity index (χ1n) is 7.32. The zero-order valence-corrected chi connectivity index (χ0v) is 14.3. The molecule has 1 aromatic carbocycles. The van der Waals surface area contributed by atoms with Gasteiger partial charge in [-0.05, 0) is 26.3 Å². The van der Waals surface area contributed by atoms with Gasteiger partial charge in [-0.25, -0.2) is 0 Å². The van der Waals surface area contributed by atoms with Gasteiger partial charge in [0.15, 0.2) is 17.5 Å². The van der Waals surface area contributed by atoms with E-state index in [1.54, 1.807) is 28.4 Å². The Hall–Kier alpha value is -2.11. The van der Waals surface area contributed by atoms with Gasteiger partial charge in [0.05, 0.1) is 21.3 Å². The van der Waals surface area contributed by atoms with Crippen LogP contribution < -0.4 is 24.8 Å². The number of hydrogen-bond donors (Lipinski definition) is 2. The van der Waals surface area contributed by atoms with Crippen LogP contribution in [0.4, 0.5) is 0 Å². The molecule has 0 unspecified atom stereocenters. The molecule has 0 aliphatic carbocycles. The van der Waals surface area contributed by atoms with Crippen LogP contribution in [0.25, 0.3) is 0 Å². The summed E-state index contributed by atoms with van der Waals surface area (Å²) in [7, 11) is 6.61. The van der Waals surface area contributed by atoms with Gasteiger partial charge in [-0.15, -0.1) is 0 Å². The second-order valence-electron chi connectivity index (χ2n) is 5.04. The lowest BCUT2D eigenvalue weighted by Gasteiger charge is -2.17. The third-order valence-corrected chi connectivity index (χ3v) is 3.12. The highest BCUT2D eigenvalue weighted by molar-refractivity contribution is 5.79. The number of benzene rings is 1. The minimum Gasteiger partial charge on any atom is -0.493 e. The van der Waals surface area contributed by atoms with Crippen molar-refractivity contribution in [1.82, 2.24) is 10.6 Å². The van der Waals surface area contributed by atoms with Gasteiger partial charge >= 0.3 is 0 Å². The van der Waals surface area contributed by atoms with Crippen LogP contribution in [0.3, 0.4) is 0 Å². The summed E-state index contributed by atoms with van der Waals surface area (Å²) in [4.78, 5) is 4.18. The number of rotatable bonds is 7. The third-order valence-electron chi connectivity index (χ3n) is 3.12. The molecule has 0 heterocycles. The molecule has 0 saturated carbocycles. The Labute approximate surface area is 132 Å². The van der Waals surface area contributed by atoms with Crippen molar-refractivity contribution in [2.75, 3.05) is 34.9 Å². The maximum absolute atomic E-state index is 5.48. The molecule has 0 fully saturated rings. The molecule has 6 nitrogen and oxygen atoms in total. The highest BCUT2D eigenvalue weighted by Gasteiger charge is 2.15. The van der Waals surface area contributed by atoms with Gasteiger partial charge in [0.1, 0.15) is 0 Å². The lowest BCUT2D eigenvalue weighted by atomic mass is 10.1. The van der Waals surface area contributed by atoms with Gasteiger partial charge in [0.2, 0.25) is 5.75 Å². The van der Waals surface area contributed by atoms with Crippen molar-refractivity contribution in [2.24, 2.45) is 4.99 Å². The fourth-order valence-electron chi connectivity index (χ4n) is 2.14. The molecule has 6 heteroatoms. The Morgan fingerprint density at radius 1 is 1.09 bits per heavy atom. The van der Waals surface area contributed by atoms with E-state index in [0.29, 0.717) is 23.3 Å². The van der Waals surface area contributed by atoms with Crippen LogP contribution in [0.1, 0.15) is 19.4 Å². The van der Waals surface area contributed by atoms with Crippen LogP contribution in [-0.4, -0.2) is 46.9 Å². The third kappa shape index (κ3) is 4.72. The average Bonchev–Trinajstić information content (AvgIpc) is 2.52. The summed E-state index contributed by atoms with van der Waals surface area (Å²) in [6.45, 7) is 4.88. The molecule has 124 valence electrons. The number of aliphatic imine (C=N–C) groups is 1. The van der Waals surface area contributed by atoms with E-state index in [4.69, 9.17) is 14.2 Å². The number of methoxy groups -OCH3 is 3. The van der Waals surface area contributed by atoms with Crippen LogP contribution in [0, 0.1) is 0 Å². The van der Waals surface area contributed by atoms with Crippen molar-refractivity contribution < 1.29 is 14.2 Å². The van der Waals surface area contributed by atoms with E-state index in [1.165, 1.54) is 0 Å². The van der Waals surface area contributed by atoms with Crippen LogP contribution in [0.2, 0.25) is 0 Å². The lowest BCUT2D eigenvalue weighted by molar-refractivity contribution is 0.322. The molecule has 2 N–H and O–H groups in total. The second-order valence-corrected chi connectivity index (χ2v) is 5.04. The Kier molecular flexibility index (Phi) is 7.36. The van der Waals surface area contributed by atoms with Crippen LogP contribution in [0.15, 0.2) is 17.1 Å². The first kappa shape index (κ1) is 17.9. The van der Waals surface area contributed by atoms with E-state index in [2.05, 4.69) is 29.5 Å². The van der Waals surface area contributed by atoms with Crippen molar-refractivity contribution in [2.45, 2.75) is 26.3 Å². The quantitative estimate of drug-likeness (QED) is 0.594. The summed E-state index contributed by atoms with van der Waals surface area (Å²) in [5, 5.41) is 6.53. The Morgan fingerprint density at radius 2 is 1.77 bits per heavy atom. The first-order chi connectivity index (χ1) is 10.6. The molecule has 0 amide bonds. The van der Waals surface area contributed by atoms with Crippen LogP contribution >= 0.6 is 0 Å². The maximum atomic E-state index is 5.48. The molecule has 0 aliphatic heterocycles. The van der Waals surface area contributed by atoms with E-state index >= 15 is 0 Å². The molecule has 0 atom stereocenters. The zero-order chi connectivity index (χ0) is 16.5. The molecule has 0 aromatic heterocycles. The fourth-order valence-corrected chi connectivity index (χ4v) is 2.14. The van der Waals surface area contributed by atoms with Crippen molar-refractivity contribution >= 4 is 5.96 Å². The van der Waals surface area contributed by atoms with Gasteiger partial charge in [-0.3, -0.25) is 4.99 Å². The Bertz CT molecular complexity index is 502. The Balaban J connectivity index is 2.77. The van der Waals surface area contributed by atoms with Crippen molar-refractivity contribution in [3.8, 4) is 17.2 Å². The summed E-state index contributed by atoms with van der Waals surface area (Å²) in [6.07, 6.45) is 0.780. The second kappa shape index (κ2) is 9.02. The minimum atomic E-state index is 0.335. The van der Waals surface area contributed by atoms with Crippen molar-refractivity contribution in [1.29, 1.82) is 0 Å². The predicted octanol–water partition coefficient (Wildman–Crippen LogP) is 1.83. The van der Waals surface area contributed by atoms with E-state index in [1.807, 2.05) is 12.1 Å². The van der Waals surface area contributed by atoms with E-state index in [-0.39, 0.29) is 0 Å². The minimum absolute atomic E-state index is 0.335. The molecule has 0 spiro atoms. The average molecular weight is 309 g/mol. The molecule has 1 rings (SSSR count). The topological polar surface area (TPSA) is 64.1 Å². The van der Waals surface area contributed by atoms with E-state index in [0.717, 1.165) is 24.5 Å². The number of guanidine groups is 1. The van der Waals surface area contributed by atoms with E-state index < -0.39 is 0 Å².